The normalized spacial score (nSPS) is 21.5. The van der Waals surface area contributed by atoms with Gasteiger partial charge >= 0.3 is 0 Å². The van der Waals surface area contributed by atoms with Gasteiger partial charge in [0.1, 0.15) is 0 Å². The molecule has 1 fully saturated rings. The summed E-state index contributed by atoms with van der Waals surface area (Å²) in [6.07, 6.45) is 3.54. The van der Waals surface area contributed by atoms with Crippen LogP contribution < -0.4 is 4.90 Å². The Hall–Kier alpha value is -1.38. The quantitative estimate of drug-likeness (QED) is 0.750. The van der Waals surface area contributed by atoms with Crippen molar-refractivity contribution in [3.05, 3.63) is 16.5 Å². The number of carbonyl (C=O) groups excluding carboxylic acids is 1. The van der Waals surface area contributed by atoms with E-state index in [1.165, 1.54) is 28.6 Å². The Kier molecular flexibility index (Phi) is 6.08. The maximum atomic E-state index is 12.7. The predicted octanol–water partition coefficient (Wildman–Crippen LogP) is 2.15. The molecule has 1 aliphatic heterocycles. The Morgan fingerprint density at radius 2 is 2.21 bits per heavy atom. The van der Waals surface area contributed by atoms with E-state index in [0.717, 1.165) is 56.4 Å². The first-order valence-corrected chi connectivity index (χ1v) is 12.0. The highest BCUT2D eigenvalue weighted by molar-refractivity contribution is 8.00. The number of nitrogens with one attached hydrogen (secondary N) is 1. The summed E-state index contributed by atoms with van der Waals surface area (Å²) in [5.41, 5.74) is 1.43. The number of fused-ring (bicyclic) bond motifs is 1. The van der Waals surface area contributed by atoms with E-state index in [2.05, 4.69) is 30.1 Å². The molecule has 0 bridgehead atoms. The van der Waals surface area contributed by atoms with Gasteiger partial charge < -0.3 is 14.2 Å². The predicted molar refractivity (Wildman–Crippen MR) is 112 cm³/mol. The third-order valence-electron chi connectivity index (χ3n) is 5.85. The number of amides is 1. The van der Waals surface area contributed by atoms with Crippen LogP contribution in [0, 0.1) is 5.92 Å². The Morgan fingerprint density at radius 3 is 2.96 bits per heavy atom. The summed E-state index contributed by atoms with van der Waals surface area (Å²) in [5, 5.41) is 8.69. The third kappa shape index (κ3) is 4.28. The first-order chi connectivity index (χ1) is 13.5. The van der Waals surface area contributed by atoms with E-state index in [-0.39, 0.29) is 11.2 Å². The van der Waals surface area contributed by atoms with Crippen LogP contribution in [-0.4, -0.2) is 59.0 Å². The van der Waals surface area contributed by atoms with Crippen molar-refractivity contribution in [2.45, 2.75) is 50.5 Å². The number of nitrogens with zero attached hydrogens (tertiary/aromatic N) is 3. The lowest BCUT2D eigenvalue weighted by molar-refractivity contribution is -0.902. The first-order valence-electron chi connectivity index (χ1n) is 10.3. The highest BCUT2D eigenvalue weighted by Gasteiger charge is 2.28. The van der Waals surface area contributed by atoms with Crippen LogP contribution in [0.2, 0.25) is 0 Å². The molecule has 2 aliphatic rings. The average Bonchev–Trinajstić information content (AvgIpc) is 3.33. The maximum Gasteiger partial charge on any atom is 0.277 e. The van der Waals surface area contributed by atoms with Gasteiger partial charge in [0.15, 0.2) is 0 Å². The summed E-state index contributed by atoms with van der Waals surface area (Å²) in [6, 6.07) is 2.21. The largest absolute Gasteiger partial charge is 0.410 e. The first kappa shape index (κ1) is 19.9. The standard InChI is InChI=1S/C20H28N4O2S2/c1-4-23-7-9-24(10-8-23)19(25)14(3)27-20-22-21-18(26-20)17-12-15-11-13(2)5-6-16(15)28-17/h12-14H,4-11H2,1-3H3/p+1/t13-,14-/m1/s1. The van der Waals surface area contributed by atoms with Crippen LogP contribution in [0.1, 0.15) is 37.6 Å². The van der Waals surface area contributed by atoms with Crippen LogP contribution >= 0.6 is 23.1 Å². The molecule has 0 saturated carbocycles. The van der Waals surface area contributed by atoms with Crippen molar-refractivity contribution in [1.29, 1.82) is 0 Å². The molecule has 28 heavy (non-hydrogen) atoms. The number of thioether (sulfide) groups is 1. The fourth-order valence-corrected chi connectivity index (χ4v) is 5.92. The average molecular weight is 422 g/mol. The van der Waals surface area contributed by atoms with Crippen LogP contribution in [0.15, 0.2) is 15.7 Å². The van der Waals surface area contributed by atoms with E-state index in [9.17, 15) is 4.79 Å². The van der Waals surface area contributed by atoms with E-state index in [1.54, 1.807) is 16.2 Å². The maximum absolute atomic E-state index is 12.7. The second-order valence-electron chi connectivity index (χ2n) is 7.97. The Morgan fingerprint density at radius 1 is 1.43 bits per heavy atom. The Labute approximate surface area is 174 Å². The van der Waals surface area contributed by atoms with Crippen LogP contribution in [0.5, 0.6) is 0 Å². The SMILES string of the molecule is CC[NH+]1CCN(C(=O)[C@@H](C)Sc2nnc(-c3cc4c(s3)CC[C@@H](C)C4)o2)CC1. The van der Waals surface area contributed by atoms with Gasteiger partial charge in [-0.25, -0.2) is 0 Å². The minimum absolute atomic E-state index is 0.167. The number of hydrogen-bond acceptors (Lipinski definition) is 6. The van der Waals surface area contributed by atoms with Gasteiger partial charge in [-0.05, 0) is 50.7 Å². The number of quaternary nitrogens is 1. The molecule has 0 aromatic carbocycles. The Balaban J connectivity index is 1.37. The second-order valence-corrected chi connectivity index (χ2v) is 10.4. The molecule has 1 N–H and O–H groups in total. The van der Waals surface area contributed by atoms with Crippen molar-refractivity contribution in [3.63, 3.8) is 0 Å². The second kappa shape index (κ2) is 8.55. The lowest BCUT2D eigenvalue weighted by Gasteiger charge is -2.32. The van der Waals surface area contributed by atoms with Crippen molar-refractivity contribution in [2.75, 3.05) is 32.7 Å². The van der Waals surface area contributed by atoms with E-state index in [4.69, 9.17) is 4.42 Å². The molecular weight excluding hydrogens is 392 g/mol. The van der Waals surface area contributed by atoms with Gasteiger partial charge in [0.2, 0.25) is 5.91 Å². The number of likely N-dealkylation sites (N-methyl/N-ethyl adjacent to an activating group) is 1. The summed E-state index contributed by atoms with van der Waals surface area (Å²) in [5.74, 6) is 1.49. The molecule has 152 valence electrons. The van der Waals surface area contributed by atoms with Crippen molar-refractivity contribution >= 4 is 29.0 Å². The molecule has 6 nitrogen and oxygen atoms in total. The van der Waals surface area contributed by atoms with Crippen LogP contribution in [0.4, 0.5) is 0 Å². The van der Waals surface area contributed by atoms with Crippen LogP contribution in [0.3, 0.4) is 0 Å². The van der Waals surface area contributed by atoms with Gasteiger partial charge in [0.05, 0.1) is 42.9 Å². The molecule has 1 saturated heterocycles. The number of aryl methyl sites for hydroxylation is 1. The summed E-state index contributed by atoms with van der Waals surface area (Å²) >= 11 is 3.14. The van der Waals surface area contributed by atoms with Crippen molar-refractivity contribution < 1.29 is 14.1 Å². The number of carbonyl (C=O) groups is 1. The van der Waals surface area contributed by atoms with Gasteiger partial charge in [-0.1, -0.05) is 18.7 Å². The number of rotatable bonds is 5. The summed E-state index contributed by atoms with van der Waals surface area (Å²) < 4.78 is 5.89. The van der Waals surface area contributed by atoms with E-state index in [1.807, 2.05) is 11.8 Å². The van der Waals surface area contributed by atoms with Crippen LogP contribution in [0.25, 0.3) is 10.8 Å². The lowest BCUT2D eigenvalue weighted by Crippen LogP contribution is -3.14. The minimum Gasteiger partial charge on any atom is -0.410 e. The third-order valence-corrected chi connectivity index (χ3v) is 8.00. The highest BCUT2D eigenvalue weighted by atomic mass is 32.2. The molecule has 2 aromatic heterocycles. The van der Waals surface area contributed by atoms with Crippen molar-refractivity contribution in [2.24, 2.45) is 5.92 Å². The molecular formula is C20H29N4O2S2+. The number of aromatic nitrogens is 2. The number of thiophene rings is 1. The zero-order valence-electron chi connectivity index (χ0n) is 16.9. The monoisotopic (exact) mass is 421 g/mol. The van der Waals surface area contributed by atoms with E-state index < -0.39 is 0 Å². The molecule has 8 heteroatoms. The van der Waals surface area contributed by atoms with Crippen molar-refractivity contribution in [1.82, 2.24) is 15.1 Å². The number of hydrogen-bond donors (Lipinski definition) is 1. The molecule has 2 aromatic rings. The highest BCUT2D eigenvalue weighted by Crippen LogP contribution is 2.37. The molecule has 2 atom stereocenters. The van der Waals surface area contributed by atoms with Gasteiger partial charge in [0, 0.05) is 4.88 Å². The van der Waals surface area contributed by atoms with Crippen LogP contribution in [-0.2, 0) is 17.6 Å². The summed E-state index contributed by atoms with van der Waals surface area (Å²) in [6.45, 7) is 11.3. The smallest absolute Gasteiger partial charge is 0.277 e. The van der Waals surface area contributed by atoms with E-state index >= 15 is 0 Å². The fraction of sp³-hybridized carbons (Fsp3) is 0.650. The van der Waals surface area contributed by atoms with Gasteiger partial charge in [0.25, 0.3) is 11.1 Å². The fourth-order valence-electron chi connectivity index (χ4n) is 4.02. The Bertz CT molecular complexity index is 826. The molecule has 0 spiro atoms. The zero-order valence-corrected chi connectivity index (χ0v) is 18.5. The molecule has 4 rings (SSSR count). The van der Waals surface area contributed by atoms with Gasteiger partial charge in [-0.2, -0.15) is 0 Å². The molecule has 0 unspecified atom stereocenters. The zero-order chi connectivity index (χ0) is 19.7. The summed E-state index contributed by atoms with van der Waals surface area (Å²) in [4.78, 5) is 18.8. The molecule has 3 heterocycles. The minimum atomic E-state index is -0.214. The lowest BCUT2D eigenvalue weighted by atomic mass is 9.90. The summed E-state index contributed by atoms with van der Waals surface area (Å²) in [7, 11) is 0. The van der Waals surface area contributed by atoms with E-state index in [0.29, 0.717) is 11.1 Å². The topological polar surface area (TPSA) is 63.7 Å². The van der Waals surface area contributed by atoms with Gasteiger partial charge in [-0.15, -0.1) is 21.5 Å². The van der Waals surface area contributed by atoms with Gasteiger partial charge in [-0.3, -0.25) is 4.79 Å². The number of piperazine rings is 1. The molecule has 0 radical (unpaired) electrons. The molecule has 1 aliphatic carbocycles. The molecule has 1 amide bonds. The van der Waals surface area contributed by atoms with Crippen molar-refractivity contribution in [3.8, 4) is 10.8 Å².